The van der Waals surface area contributed by atoms with E-state index in [9.17, 15) is 15.2 Å². The Morgan fingerprint density at radius 2 is 1.89 bits per heavy atom. The van der Waals surface area contributed by atoms with Crippen molar-refractivity contribution in [1.82, 2.24) is 10.2 Å². The van der Waals surface area contributed by atoms with E-state index in [2.05, 4.69) is 32.2 Å². The number of aliphatic hydroxyl groups is 1. The first-order chi connectivity index (χ1) is 17.0. The number of aliphatic hydroxyl groups excluding tert-OH is 1. The van der Waals surface area contributed by atoms with Crippen molar-refractivity contribution in [2.45, 2.75) is 81.5 Å². The van der Waals surface area contributed by atoms with Gasteiger partial charge in [0.05, 0.1) is 23.8 Å². The number of nitriles is 1. The molecule has 2 saturated heterocycles. The number of halogens is 2. The van der Waals surface area contributed by atoms with Gasteiger partial charge in [-0.2, -0.15) is 5.26 Å². The Hall–Kier alpha value is -2.10. The zero-order valence-corrected chi connectivity index (χ0v) is 22.5. The van der Waals surface area contributed by atoms with E-state index in [0.29, 0.717) is 29.4 Å². The highest BCUT2D eigenvalue weighted by Gasteiger charge is 2.65. The smallest absolute Gasteiger partial charge is 0.240 e. The molecule has 2 heterocycles. The van der Waals surface area contributed by atoms with Gasteiger partial charge in [-0.3, -0.25) is 4.79 Å². The summed E-state index contributed by atoms with van der Waals surface area (Å²) in [5.74, 6) is -0.519. The summed E-state index contributed by atoms with van der Waals surface area (Å²) in [6, 6.07) is 16.8. The van der Waals surface area contributed by atoms with Crippen molar-refractivity contribution in [3.63, 3.8) is 0 Å². The third-order valence-corrected chi connectivity index (χ3v) is 8.84. The quantitative estimate of drug-likeness (QED) is 0.556. The maximum atomic E-state index is 14.3. The summed E-state index contributed by atoms with van der Waals surface area (Å²) < 4.78 is 0. The van der Waals surface area contributed by atoms with Crippen molar-refractivity contribution in [3.05, 3.63) is 69.7 Å². The summed E-state index contributed by atoms with van der Waals surface area (Å²) in [6.07, 6.45) is 2.54. The largest absolute Gasteiger partial charge is 0.391 e. The minimum atomic E-state index is -1.03. The molecule has 2 aromatic rings. The molecule has 3 aliphatic rings. The van der Waals surface area contributed by atoms with Crippen molar-refractivity contribution in [2.75, 3.05) is 6.54 Å². The summed E-state index contributed by atoms with van der Waals surface area (Å²) in [7, 11) is 0. The minimum absolute atomic E-state index is 0.0426. The minimum Gasteiger partial charge on any atom is -0.391 e. The van der Waals surface area contributed by atoms with E-state index in [1.807, 2.05) is 53.4 Å². The maximum absolute atomic E-state index is 14.3. The number of hydrogen-bond donors (Lipinski definition) is 2. The number of carbonyl (C=O) groups excluding carboxylic acids is 1. The van der Waals surface area contributed by atoms with Gasteiger partial charge >= 0.3 is 0 Å². The number of hydrogen-bond acceptors (Lipinski definition) is 4. The number of rotatable bonds is 4. The van der Waals surface area contributed by atoms with Gasteiger partial charge in [0, 0.05) is 35.0 Å². The molecular formula is C29H33Cl2N3O2. The van der Waals surface area contributed by atoms with Gasteiger partial charge in [0.1, 0.15) is 5.41 Å². The van der Waals surface area contributed by atoms with E-state index in [1.165, 1.54) is 0 Å². The van der Waals surface area contributed by atoms with Gasteiger partial charge in [0.2, 0.25) is 5.91 Å². The third-order valence-electron chi connectivity index (χ3n) is 8.35. The molecule has 1 spiro atoms. The van der Waals surface area contributed by atoms with Gasteiger partial charge in [0.15, 0.2) is 0 Å². The number of amides is 1. The van der Waals surface area contributed by atoms with Gasteiger partial charge < -0.3 is 15.3 Å². The Kier molecular flexibility index (Phi) is 6.41. The molecule has 1 saturated carbocycles. The fourth-order valence-corrected chi connectivity index (χ4v) is 7.00. The molecule has 0 aromatic heterocycles. The average Bonchev–Trinajstić information content (AvgIpc) is 3.15. The van der Waals surface area contributed by atoms with E-state index < -0.39 is 29.0 Å². The van der Waals surface area contributed by atoms with Gasteiger partial charge in [-0.15, -0.1) is 0 Å². The van der Waals surface area contributed by atoms with Crippen LogP contribution in [0.4, 0.5) is 0 Å². The summed E-state index contributed by atoms with van der Waals surface area (Å²) in [5, 5.41) is 26.3. The molecule has 0 radical (unpaired) electrons. The number of likely N-dealkylation sites (tertiary alicyclic amines) is 1. The molecule has 1 unspecified atom stereocenters. The Labute approximate surface area is 223 Å². The van der Waals surface area contributed by atoms with Crippen LogP contribution >= 0.6 is 23.2 Å². The van der Waals surface area contributed by atoms with Gasteiger partial charge in [0.25, 0.3) is 0 Å². The first-order valence-corrected chi connectivity index (χ1v) is 13.5. The Balaban J connectivity index is 1.69. The van der Waals surface area contributed by atoms with E-state index in [4.69, 9.17) is 23.2 Å². The highest BCUT2D eigenvalue weighted by Crippen LogP contribution is 2.54. The number of nitrogens with zero attached hydrogens (tertiary/aromatic N) is 2. The van der Waals surface area contributed by atoms with E-state index in [1.54, 1.807) is 0 Å². The normalized spacial score (nSPS) is 33.6. The molecule has 36 heavy (non-hydrogen) atoms. The van der Waals surface area contributed by atoms with Crippen LogP contribution in [0.5, 0.6) is 0 Å². The van der Waals surface area contributed by atoms with Crippen molar-refractivity contribution < 1.29 is 9.90 Å². The van der Waals surface area contributed by atoms with Crippen LogP contribution < -0.4 is 5.32 Å². The molecule has 0 bridgehead atoms. The monoisotopic (exact) mass is 525 g/mol. The van der Waals surface area contributed by atoms with E-state index in [-0.39, 0.29) is 17.4 Å². The second kappa shape index (κ2) is 9.03. The van der Waals surface area contributed by atoms with E-state index >= 15 is 0 Å². The van der Waals surface area contributed by atoms with Crippen LogP contribution in [0.3, 0.4) is 0 Å². The fourth-order valence-electron chi connectivity index (χ4n) is 6.68. The lowest BCUT2D eigenvalue weighted by Gasteiger charge is -2.37. The van der Waals surface area contributed by atoms with Gasteiger partial charge in [-0.25, -0.2) is 0 Å². The summed E-state index contributed by atoms with van der Waals surface area (Å²) in [5.41, 5.74) is 0.113. The van der Waals surface area contributed by atoms with Gasteiger partial charge in [-0.1, -0.05) is 68.2 Å². The van der Waals surface area contributed by atoms with Crippen molar-refractivity contribution in [3.8, 4) is 6.07 Å². The zero-order valence-electron chi connectivity index (χ0n) is 21.0. The second-order valence-corrected chi connectivity index (χ2v) is 12.8. The highest BCUT2D eigenvalue weighted by molar-refractivity contribution is 6.30. The Bertz CT molecular complexity index is 1200. The molecule has 5 rings (SSSR count). The summed E-state index contributed by atoms with van der Waals surface area (Å²) in [6.45, 7) is 7.08. The standard InChI is InChI=1S/C29H33Cl2N3O2/c1-27(2,3)15-22-29(17-32,19-8-10-20(30)11-9-19)24(18-6-4-7-21(31)14-18)25(33-22)26(36)34-13-5-12-28(34)16-23(28)35/h4,6-11,14,22-25,33,35H,5,12-13,15-16H2,1-3H3/t22-,23+,24-,25+,28?,29-/m1/s1. The van der Waals surface area contributed by atoms with Crippen LogP contribution in [0.25, 0.3) is 0 Å². The first kappa shape index (κ1) is 25.5. The molecule has 1 aliphatic carbocycles. The average molecular weight is 527 g/mol. The zero-order chi connectivity index (χ0) is 25.9. The van der Waals surface area contributed by atoms with Gasteiger partial charge in [-0.05, 0) is 60.1 Å². The third kappa shape index (κ3) is 4.13. The topological polar surface area (TPSA) is 76.4 Å². The molecule has 7 heteroatoms. The van der Waals surface area contributed by atoms with Crippen molar-refractivity contribution >= 4 is 29.1 Å². The summed E-state index contributed by atoms with van der Waals surface area (Å²) in [4.78, 5) is 16.2. The Morgan fingerprint density at radius 1 is 1.19 bits per heavy atom. The molecule has 1 amide bonds. The van der Waals surface area contributed by atoms with Crippen molar-refractivity contribution in [2.24, 2.45) is 5.41 Å². The molecule has 5 nitrogen and oxygen atoms in total. The van der Waals surface area contributed by atoms with Crippen LogP contribution in [-0.4, -0.2) is 46.2 Å². The fraction of sp³-hybridized carbons (Fsp3) is 0.517. The molecule has 2 aliphatic heterocycles. The lowest BCUT2D eigenvalue weighted by molar-refractivity contribution is -0.135. The van der Waals surface area contributed by atoms with Crippen LogP contribution in [0.2, 0.25) is 10.0 Å². The van der Waals surface area contributed by atoms with Crippen molar-refractivity contribution in [1.29, 1.82) is 5.26 Å². The molecule has 3 fully saturated rings. The van der Waals surface area contributed by atoms with E-state index in [0.717, 1.165) is 24.0 Å². The van der Waals surface area contributed by atoms with Crippen LogP contribution in [-0.2, 0) is 10.2 Å². The molecular weight excluding hydrogens is 493 g/mol. The number of nitrogens with one attached hydrogen (secondary N) is 1. The molecule has 2 N–H and O–H groups in total. The highest BCUT2D eigenvalue weighted by atomic mass is 35.5. The first-order valence-electron chi connectivity index (χ1n) is 12.7. The predicted octanol–water partition coefficient (Wildman–Crippen LogP) is 5.44. The molecule has 190 valence electrons. The lowest BCUT2D eigenvalue weighted by atomic mass is 9.63. The van der Waals surface area contributed by atoms with Crippen LogP contribution in [0, 0.1) is 16.7 Å². The predicted molar refractivity (Wildman–Crippen MR) is 142 cm³/mol. The summed E-state index contributed by atoms with van der Waals surface area (Å²) >= 11 is 12.7. The SMILES string of the molecule is CC(C)(C)C[C@H]1N[C@H](C(=O)N2CCCC23C[C@@H]3O)[C@@H](c2cccc(Cl)c2)[C@]1(C#N)c1ccc(Cl)cc1. The van der Waals surface area contributed by atoms with Crippen LogP contribution in [0.15, 0.2) is 48.5 Å². The second-order valence-electron chi connectivity index (χ2n) is 11.9. The molecule has 6 atom stereocenters. The Morgan fingerprint density at radius 3 is 2.47 bits per heavy atom. The lowest BCUT2D eigenvalue weighted by Crippen LogP contribution is -2.50. The van der Waals surface area contributed by atoms with Crippen LogP contribution in [0.1, 0.15) is 63.5 Å². The maximum Gasteiger partial charge on any atom is 0.240 e. The number of carbonyl (C=O) groups is 1. The number of benzene rings is 2. The molecule has 2 aromatic carbocycles.